The quantitative estimate of drug-likeness (QED) is 0.756. The Balaban J connectivity index is 1.85. The zero-order chi connectivity index (χ0) is 11.0. The Kier molecular flexibility index (Phi) is 2.22. The summed E-state index contributed by atoms with van der Waals surface area (Å²) < 4.78 is 5.83. The molecule has 3 rings (SSSR count). The molecule has 3 atom stereocenters. The maximum Gasteiger partial charge on any atom is 0.0899 e. The highest BCUT2D eigenvalue weighted by Gasteiger charge is 2.52. The van der Waals surface area contributed by atoms with E-state index in [0.717, 1.165) is 25.7 Å². The van der Waals surface area contributed by atoms with Crippen molar-refractivity contribution in [3.05, 3.63) is 35.9 Å². The maximum absolute atomic E-state index is 9.47. The molecule has 0 amide bonds. The number of ether oxygens (including phenoxy) is 1. The van der Waals surface area contributed by atoms with Gasteiger partial charge in [-0.25, -0.2) is 0 Å². The van der Waals surface area contributed by atoms with Gasteiger partial charge < -0.3 is 4.74 Å². The predicted octanol–water partition coefficient (Wildman–Crippen LogP) is 2.69. The van der Waals surface area contributed by atoms with Crippen molar-refractivity contribution in [3.8, 4) is 6.07 Å². The van der Waals surface area contributed by atoms with E-state index in [0.29, 0.717) is 6.10 Å². The van der Waals surface area contributed by atoms with Crippen molar-refractivity contribution in [2.24, 2.45) is 5.41 Å². The molecule has 2 bridgehead atoms. The summed E-state index contributed by atoms with van der Waals surface area (Å²) in [5.74, 6) is 0. The second-order valence-electron chi connectivity index (χ2n) is 4.96. The van der Waals surface area contributed by atoms with Crippen LogP contribution >= 0.6 is 0 Å². The van der Waals surface area contributed by atoms with Gasteiger partial charge in [0.25, 0.3) is 0 Å². The molecule has 0 spiro atoms. The number of fused-ring (bicyclic) bond motifs is 2. The van der Waals surface area contributed by atoms with Crippen molar-refractivity contribution in [1.82, 2.24) is 0 Å². The molecule has 2 heteroatoms. The highest BCUT2D eigenvalue weighted by molar-refractivity contribution is 5.23. The van der Waals surface area contributed by atoms with E-state index in [2.05, 4.69) is 18.2 Å². The minimum Gasteiger partial charge on any atom is -0.373 e. The number of hydrogen-bond acceptors (Lipinski definition) is 2. The first-order valence-electron chi connectivity index (χ1n) is 5.93. The Bertz CT molecular complexity index is 422. The zero-order valence-corrected chi connectivity index (χ0v) is 9.23. The van der Waals surface area contributed by atoms with Gasteiger partial charge in [0.15, 0.2) is 0 Å². The van der Waals surface area contributed by atoms with Crippen LogP contribution in [-0.4, -0.2) is 12.2 Å². The van der Waals surface area contributed by atoms with Gasteiger partial charge >= 0.3 is 0 Å². The first-order chi connectivity index (χ1) is 7.82. The molecule has 2 saturated heterocycles. The Labute approximate surface area is 95.8 Å². The van der Waals surface area contributed by atoms with Gasteiger partial charge in [-0.15, -0.1) is 0 Å². The number of nitriles is 1. The first-order valence-corrected chi connectivity index (χ1v) is 5.93. The van der Waals surface area contributed by atoms with Gasteiger partial charge in [-0.2, -0.15) is 5.26 Å². The number of benzene rings is 1. The summed E-state index contributed by atoms with van der Waals surface area (Å²) in [7, 11) is 0. The third kappa shape index (κ3) is 1.44. The van der Waals surface area contributed by atoms with E-state index in [9.17, 15) is 5.26 Å². The lowest BCUT2D eigenvalue weighted by atomic mass is 9.71. The molecule has 2 heterocycles. The third-order valence-corrected chi connectivity index (χ3v) is 3.90. The average Bonchev–Trinajstić information content (AvgIpc) is 2.91. The summed E-state index contributed by atoms with van der Waals surface area (Å²) in [5.41, 5.74) is 0.991. The molecule has 1 aromatic rings. The van der Waals surface area contributed by atoms with Crippen molar-refractivity contribution in [1.29, 1.82) is 5.26 Å². The van der Waals surface area contributed by atoms with Gasteiger partial charge in [-0.1, -0.05) is 30.3 Å². The maximum atomic E-state index is 9.47. The van der Waals surface area contributed by atoms with E-state index in [1.807, 2.05) is 18.2 Å². The van der Waals surface area contributed by atoms with E-state index in [4.69, 9.17) is 4.74 Å². The molecule has 0 N–H and O–H groups in total. The van der Waals surface area contributed by atoms with Gasteiger partial charge in [-0.05, 0) is 31.2 Å². The van der Waals surface area contributed by atoms with Crippen LogP contribution in [0.25, 0.3) is 0 Å². The summed E-state index contributed by atoms with van der Waals surface area (Å²) in [6.45, 7) is 0. The van der Waals surface area contributed by atoms with Crippen LogP contribution in [0.15, 0.2) is 30.3 Å². The molecule has 2 fully saturated rings. The molecule has 2 aliphatic heterocycles. The van der Waals surface area contributed by atoms with Crippen LogP contribution in [0.1, 0.15) is 24.8 Å². The fraction of sp³-hybridized carbons (Fsp3) is 0.500. The molecule has 0 radical (unpaired) electrons. The molecule has 3 unspecified atom stereocenters. The molecule has 0 aromatic heterocycles. The second-order valence-corrected chi connectivity index (χ2v) is 4.96. The van der Waals surface area contributed by atoms with Crippen LogP contribution in [0.3, 0.4) is 0 Å². The number of rotatable bonds is 2. The fourth-order valence-corrected chi connectivity index (χ4v) is 3.10. The summed E-state index contributed by atoms with van der Waals surface area (Å²) >= 11 is 0. The molecule has 0 saturated carbocycles. The topological polar surface area (TPSA) is 33.0 Å². The SMILES string of the molecule is N#CC1(Cc2ccccc2)CC2CCC1O2. The molecule has 1 aromatic carbocycles. The lowest BCUT2D eigenvalue weighted by molar-refractivity contribution is 0.0787. The van der Waals surface area contributed by atoms with Crippen LogP contribution in [0, 0.1) is 16.7 Å². The van der Waals surface area contributed by atoms with Crippen LogP contribution in [0.2, 0.25) is 0 Å². The number of hydrogen-bond donors (Lipinski definition) is 0. The molecule has 0 aliphatic carbocycles. The highest BCUT2D eigenvalue weighted by Crippen LogP contribution is 2.49. The number of nitrogens with zero attached hydrogens (tertiary/aromatic N) is 1. The average molecular weight is 213 g/mol. The van der Waals surface area contributed by atoms with E-state index in [-0.39, 0.29) is 11.5 Å². The van der Waals surface area contributed by atoms with Gasteiger partial charge in [0.05, 0.1) is 23.7 Å². The van der Waals surface area contributed by atoms with E-state index in [1.165, 1.54) is 5.56 Å². The van der Waals surface area contributed by atoms with Gasteiger partial charge in [-0.3, -0.25) is 0 Å². The fourth-order valence-electron chi connectivity index (χ4n) is 3.10. The van der Waals surface area contributed by atoms with Crippen molar-refractivity contribution in [3.63, 3.8) is 0 Å². The zero-order valence-electron chi connectivity index (χ0n) is 9.23. The summed E-state index contributed by atoms with van der Waals surface area (Å²) in [6, 6.07) is 12.8. The Hall–Kier alpha value is -1.33. The van der Waals surface area contributed by atoms with E-state index < -0.39 is 0 Å². The largest absolute Gasteiger partial charge is 0.373 e. The molecule has 2 aliphatic rings. The van der Waals surface area contributed by atoms with Gasteiger partial charge in [0.2, 0.25) is 0 Å². The first kappa shape index (κ1) is 9.86. The monoisotopic (exact) mass is 213 g/mol. The predicted molar refractivity (Wildman–Crippen MR) is 60.7 cm³/mol. The molecule has 16 heavy (non-hydrogen) atoms. The standard InChI is InChI=1S/C14H15NO/c15-10-14(8-11-4-2-1-3-5-11)9-12-6-7-13(14)16-12/h1-5,12-13H,6-9H2. The van der Waals surface area contributed by atoms with Crippen LogP contribution in [0.4, 0.5) is 0 Å². The van der Waals surface area contributed by atoms with Crippen LogP contribution < -0.4 is 0 Å². The van der Waals surface area contributed by atoms with Crippen molar-refractivity contribution in [2.75, 3.05) is 0 Å². The molecular weight excluding hydrogens is 198 g/mol. The van der Waals surface area contributed by atoms with Crippen molar-refractivity contribution in [2.45, 2.75) is 37.9 Å². The minimum atomic E-state index is -0.260. The second kappa shape index (κ2) is 3.61. The Morgan fingerprint density at radius 2 is 2.12 bits per heavy atom. The van der Waals surface area contributed by atoms with E-state index >= 15 is 0 Å². The summed E-state index contributed by atoms with van der Waals surface area (Å²) in [6.07, 6.45) is 4.47. The lowest BCUT2D eigenvalue weighted by Crippen LogP contribution is -2.33. The smallest absolute Gasteiger partial charge is 0.0899 e. The van der Waals surface area contributed by atoms with Crippen LogP contribution in [-0.2, 0) is 11.2 Å². The Morgan fingerprint density at radius 3 is 2.69 bits per heavy atom. The van der Waals surface area contributed by atoms with Gasteiger partial charge in [0, 0.05) is 0 Å². The summed E-state index contributed by atoms with van der Waals surface area (Å²) in [4.78, 5) is 0. The normalized spacial score (nSPS) is 36.2. The van der Waals surface area contributed by atoms with Crippen LogP contribution in [0.5, 0.6) is 0 Å². The van der Waals surface area contributed by atoms with Crippen molar-refractivity contribution >= 4 is 0 Å². The lowest BCUT2D eigenvalue weighted by Gasteiger charge is -2.28. The molecular formula is C14H15NO. The minimum absolute atomic E-state index is 0.169. The van der Waals surface area contributed by atoms with E-state index in [1.54, 1.807) is 0 Å². The molecule has 2 nitrogen and oxygen atoms in total. The van der Waals surface area contributed by atoms with Crippen molar-refractivity contribution < 1.29 is 4.74 Å². The summed E-state index contributed by atoms with van der Waals surface area (Å²) in [5, 5.41) is 9.47. The Morgan fingerprint density at radius 1 is 1.31 bits per heavy atom. The third-order valence-electron chi connectivity index (χ3n) is 3.90. The van der Waals surface area contributed by atoms with Gasteiger partial charge in [0.1, 0.15) is 0 Å². The highest BCUT2D eigenvalue weighted by atomic mass is 16.5. The molecule has 82 valence electrons.